The first kappa shape index (κ1) is 110. The van der Waals surface area contributed by atoms with E-state index in [1.807, 2.05) is 12.1 Å². The van der Waals surface area contributed by atoms with Crippen LogP contribution in [0.2, 0.25) is 0 Å². The van der Waals surface area contributed by atoms with Crippen LogP contribution in [0.25, 0.3) is 79.8 Å². The normalized spacial score (nSPS) is 37.4. The van der Waals surface area contributed by atoms with E-state index in [0.717, 1.165) is 0 Å². The molecule has 0 radical (unpaired) electrons. The summed E-state index contributed by atoms with van der Waals surface area (Å²) in [4.78, 5) is 17.8. The van der Waals surface area contributed by atoms with Gasteiger partial charge in [0.05, 0.1) is 113 Å². The SMILES string of the molecule is OCC1O[C@@H](OCCOc2ccc(-c3c4nc(c(-c5ccc(OCCO[C@@H]6O[C@H](CO)[C@H](O[C@@H]7O[C@H](CO)[C@H](O)[C@H](O)C7O)[C@H](O)[C@@H]6O)cc5)c5ccc([nH]5)c(OCCO[C@@H]5O[C@H](CO)[C@H](O[C@@H]6O[C@H](CO)[C@H](O)[C@H](O)[C@@H]6O)[C@H](O)[C@@H]5O)c5nc(c(-c6ccc(OCCO[C@@H]7C[C@H](CO)C(O[C@@H]8C[C@H](CO)[C@H](O)[C@H](O)C8O)[C@H](O)C7O)cc6)c6ccc3[nH]6)C=C5)C=C4)cc2)C(O)C(O)C1OC1O[C@H](CO)[C@H](O)[C@H](O)C1O. The third-order valence-corrected chi connectivity index (χ3v) is 27.5. The summed E-state index contributed by atoms with van der Waals surface area (Å²) in [5.41, 5.74) is 6.42. The van der Waals surface area contributed by atoms with Crippen molar-refractivity contribution in [3.8, 4) is 56.4 Å². The molecule has 3 aromatic carbocycles. The Kier molecular flexibility index (Phi) is 37.4. The van der Waals surface area contributed by atoms with Crippen molar-refractivity contribution in [2.24, 2.45) is 11.8 Å². The largest absolute Gasteiger partial charge is 0.491 e. The monoisotopic (exact) mass is 2070 g/mol. The number of aliphatic hydroxyl groups is 28. The van der Waals surface area contributed by atoms with E-state index in [1.165, 1.54) is 0 Å². The molecule has 2 saturated carbocycles. The van der Waals surface area contributed by atoms with Crippen LogP contribution in [0.1, 0.15) is 35.6 Å². The number of aliphatic hydroxyl groups excluding tert-OH is 28. The molecule has 0 amide bonds. The van der Waals surface area contributed by atoms with Crippen LogP contribution in [0.4, 0.5) is 0 Å². The molecule has 2 aliphatic carbocycles. The molecule has 8 bridgehead atoms. The quantitative estimate of drug-likeness (QED) is 0.0159. The lowest BCUT2D eigenvalue weighted by Crippen LogP contribution is -2.64. The van der Waals surface area contributed by atoms with E-state index in [-0.39, 0.29) is 70.5 Å². The van der Waals surface area contributed by atoms with Crippen LogP contribution in [-0.2, 0) is 66.3 Å². The minimum Gasteiger partial charge on any atom is -0.491 e. The van der Waals surface area contributed by atoms with E-state index in [2.05, 4.69) is 9.97 Å². The van der Waals surface area contributed by atoms with E-state index in [0.29, 0.717) is 89.8 Å². The molecule has 0 spiro atoms. The van der Waals surface area contributed by atoms with Crippen LogP contribution in [0.5, 0.6) is 23.0 Å². The standard InChI is InChI=1S/C96H126N4O46/c101-31-42-29-56(68(111)72(115)66(42)109)137-86-43(32-102)30-55(67(110)76(86)119)132-24-21-129-44-7-3-40(4-8-44)64-49-15-13-47(97-49)63(39-1-9-45(10-2-39)130-22-26-134-91-83(126)77(120)88(60(36-106)141-91)144-94-80(123)73(116)69(112)57(33-103)138-94)48-14-16-50(98-48)65(41-5-11-46(12-6-41)131-23-27-135-92-84(127)78(121)89(61(37-107)142-92)145-95-81(124)74(117)70(113)58(34-104)139-95)52-18-20-54(100-52)87(53-19-17-51(64)99-53)133-25-28-136-93-85(128)79(122)90(62(38-108)143-93)146-96-82(125)75(118)71(114)59(35-105)140-96/h1-20,42-43,55-62,66-86,88-97,100-128H,21-38H2/t42-,43-,55-,56-,57-,58-,59-,60?,61-,62-,66+,67?,68?,69+,70+,71+,72+,73+,74+,75+,76-,77?,78-,79-,80?,81?,82+,83?,84+,85+,86?,88?,89+,90+,91-,92-,93-,94?,95+,96+/m1/s1. The topological polar surface area (TPSA) is 790 Å². The maximum atomic E-state index is 11.6. The van der Waals surface area contributed by atoms with E-state index in [9.17, 15) is 143 Å². The van der Waals surface area contributed by atoms with Crippen molar-refractivity contribution in [2.45, 2.75) is 246 Å². The number of nitrogens with zero attached hydrogens (tertiary/aromatic N) is 2. The number of ether oxygens (including phenoxy) is 18. The number of nitrogens with one attached hydrogen (secondary N) is 2. The molecule has 50 nitrogen and oxygen atoms in total. The lowest BCUT2D eigenvalue weighted by atomic mass is 9.78. The molecule has 3 aromatic heterocycles. The number of hydrogen-bond donors (Lipinski definition) is 30. The van der Waals surface area contributed by atoms with Gasteiger partial charge in [-0.15, -0.1) is 0 Å². The summed E-state index contributed by atoms with van der Waals surface area (Å²) in [5, 5.41) is 298. The van der Waals surface area contributed by atoms with Gasteiger partial charge in [-0.05, 0) is 114 Å². The van der Waals surface area contributed by atoms with Gasteiger partial charge in [-0.25, -0.2) is 9.97 Å². The molecule has 10 unspecified atom stereocenters. The fourth-order valence-electron chi connectivity index (χ4n) is 19.4. The van der Waals surface area contributed by atoms with Crippen molar-refractivity contribution in [2.75, 3.05) is 106 Å². The van der Waals surface area contributed by atoms with Crippen molar-refractivity contribution >= 4 is 46.4 Å². The number of aromatic nitrogens is 4. The summed E-state index contributed by atoms with van der Waals surface area (Å²) in [6.07, 6.45) is -55.7. The minimum absolute atomic E-state index is 0.0220. The molecule has 8 aliphatic heterocycles. The van der Waals surface area contributed by atoms with Gasteiger partial charge in [-0.2, -0.15) is 0 Å². The van der Waals surface area contributed by atoms with E-state index < -0.39 is 304 Å². The second kappa shape index (κ2) is 49.5. The van der Waals surface area contributed by atoms with E-state index in [4.69, 9.17) is 95.2 Å². The number of H-pyrrole nitrogens is 2. The molecule has 10 aliphatic rings. The number of rotatable bonds is 39. The van der Waals surface area contributed by atoms with Gasteiger partial charge in [-0.3, -0.25) is 0 Å². The number of hydrogen-bond acceptors (Lipinski definition) is 48. The molecular formula is C96H126N4O46. The fourth-order valence-corrected chi connectivity index (χ4v) is 19.4. The van der Waals surface area contributed by atoms with Gasteiger partial charge in [0.2, 0.25) is 0 Å². The summed E-state index contributed by atoms with van der Waals surface area (Å²) >= 11 is 0. The zero-order chi connectivity index (χ0) is 104. The lowest BCUT2D eigenvalue weighted by molar-refractivity contribution is -0.359. The van der Waals surface area contributed by atoms with Gasteiger partial charge < -0.3 is 238 Å². The molecule has 30 N–H and O–H groups in total. The van der Waals surface area contributed by atoms with Crippen LogP contribution >= 0.6 is 0 Å². The van der Waals surface area contributed by atoms with Crippen molar-refractivity contribution in [3.05, 3.63) is 120 Å². The average molecular weight is 2070 g/mol. The van der Waals surface area contributed by atoms with Gasteiger partial charge in [0.25, 0.3) is 0 Å². The van der Waals surface area contributed by atoms with Gasteiger partial charge in [-0.1, -0.05) is 36.4 Å². The lowest BCUT2D eigenvalue weighted by Gasteiger charge is -2.46. The van der Waals surface area contributed by atoms with Crippen molar-refractivity contribution in [1.82, 2.24) is 19.9 Å². The average Bonchev–Trinajstić information content (AvgIpc) is 1.51. The smallest absolute Gasteiger partial charge is 0.187 e. The van der Waals surface area contributed by atoms with Gasteiger partial charge >= 0.3 is 0 Å². The maximum Gasteiger partial charge on any atom is 0.187 e. The Morgan fingerprint density at radius 3 is 0.884 bits per heavy atom. The first-order valence-corrected chi connectivity index (χ1v) is 47.8. The number of aromatic amines is 2. The molecule has 6 aromatic rings. The van der Waals surface area contributed by atoms with Crippen molar-refractivity contribution in [1.29, 1.82) is 0 Å². The molecule has 806 valence electrons. The highest BCUT2D eigenvalue weighted by Gasteiger charge is 2.57. The summed E-state index contributed by atoms with van der Waals surface area (Å²) in [5.74, 6) is -0.615. The summed E-state index contributed by atoms with van der Waals surface area (Å²) in [7, 11) is 0. The van der Waals surface area contributed by atoms with E-state index in [1.54, 1.807) is 109 Å². The second-order valence-electron chi connectivity index (χ2n) is 36.9. The Morgan fingerprint density at radius 2 is 0.527 bits per heavy atom. The van der Waals surface area contributed by atoms with Crippen molar-refractivity contribution < 1.29 is 228 Å². The predicted octanol–water partition coefficient (Wildman–Crippen LogP) is -8.94. The molecule has 146 heavy (non-hydrogen) atoms. The van der Waals surface area contributed by atoms with E-state index >= 15 is 0 Å². The Hall–Kier alpha value is -8.22. The highest BCUT2D eigenvalue weighted by molar-refractivity contribution is 5.98. The molecule has 16 rings (SSSR count). The van der Waals surface area contributed by atoms with Gasteiger partial charge in [0.15, 0.2) is 43.5 Å². The minimum atomic E-state index is -1.93. The molecule has 8 fully saturated rings. The Bertz CT molecular complexity index is 5290. The highest BCUT2D eigenvalue weighted by Crippen LogP contribution is 2.44. The molecule has 50 heteroatoms. The maximum absolute atomic E-state index is 11.6. The summed E-state index contributed by atoms with van der Waals surface area (Å²) in [6.45, 7) is -7.82. The third kappa shape index (κ3) is 23.8. The van der Waals surface area contributed by atoms with Crippen LogP contribution in [0.3, 0.4) is 0 Å². The second-order valence-corrected chi connectivity index (χ2v) is 36.9. The Labute approximate surface area is 830 Å². The fraction of sp³-hybridized carbons (Fsp3) is 0.604. The summed E-state index contributed by atoms with van der Waals surface area (Å²) < 4.78 is 106. The van der Waals surface area contributed by atoms with Crippen LogP contribution in [0.15, 0.2) is 97.1 Å². The number of fused-ring (bicyclic) bond motifs is 8. The summed E-state index contributed by atoms with van der Waals surface area (Å²) in [6, 6.07) is 27.8. The first-order chi connectivity index (χ1) is 70.3. The Balaban J connectivity index is 0.697. The molecule has 11 heterocycles. The van der Waals surface area contributed by atoms with Crippen LogP contribution < -0.4 is 18.9 Å². The molecule has 40 atom stereocenters. The zero-order valence-electron chi connectivity index (χ0n) is 78.1. The Morgan fingerprint density at radius 1 is 0.240 bits per heavy atom. The molecular weight excluding hydrogens is 1950 g/mol. The molecule has 6 saturated heterocycles. The first-order valence-electron chi connectivity index (χ1n) is 47.8. The number of benzene rings is 3. The van der Waals surface area contributed by atoms with Crippen LogP contribution in [0, 0.1) is 11.8 Å². The van der Waals surface area contributed by atoms with Crippen molar-refractivity contribution in [3.63, 3.8) is 0 Å². The van der Waals surface area contributed by atoms with Gasteiger partial charge in [0, 0.05) is 58.3 Å². The predicted molar refractivity (Wildman–Crippen MR) is 493 cm³/mol. The van der Waals surface area contributed by atoms with Crippen LogP contribution in [-0.4, -0.2) is 502 Å². The highest BCUT2D eigenvalue weighted by atomic mass is 16.8. The zero-order valence-corrected chi connectivity index (χ0v) is 78.1. The third-order valence-electron chi connectivity index (χ3n) is 27.5. The van der Waals surface area contributed by atoms with Gasteiger partial charge in [0.1, 0.15) is 220 Å².